The van der Waals surface area contributed by atoms with Crippen LogP contribution in [0.15, 0.2) is 42.5 Å². The van der Waals surface area contributed by atoms with Gasteiger partial charge in [0.1, 0.15) is 11.9 Å². The lowest BCUT2D eigenvalue weighted by Gasteiger charge is -2.27. The maximum Gasteiger partial charge on any atom is 0.333 e. The Morgan fingerprint density at radius 2 is 1.67 bits per heavy atom. The number of unbranched alkanes of at least 4 members (excludes halogenated alkanes) is 4. The molecule has 0 radical (unpaired) electrons. The molecule has 1 aromatic carbocycles. The molecule has 0 aliphatic carbocycles. The molecule has 1 rings (SSSR count). The van der Waals surface area contributed by atoms with E-state index in [2.05, 4.69) is 25.2 Å². The zero-order chi connectivity index (χ0) is 24.5. The lowest BCUT2D eigenvalue weighted by atomic mass is 9.90. The number of hydrogen-bond donors (Lipinski definition) is 0. The summed E-state index contributed by atoms with van der Waals surface area (Å²) in [5.41, 5.74) is 1.38. The predicted molar refractivity (Wildman–Crippen MR) is 134 cm³/mol. The first-order valence-corrected chi connectivity index (χ1v) is 12.3. The van der Waals surface area contributed by atoms with E-state index >= 15 is 0 Å². The highest BCUT2D eigenvalue weighted by Crippen LogP contribution is 2.26. The predicted octanol–water partition coefficient (Wildman–Crippen LogP) is 6.91. The molecule has 0 N–H and O–H groups in total. The van der Waals surface area contributed by atoms with Gasteiger partial charge in [0.15, 0.2) is 0 Å². The maximum absolute atomic E-state index is 11.4. The van der Waals surface area contributed by atoms with Gasteiger partial charge in [-0.3, -0.25) is 0 Å². The highest BCUT2D eigenvalue weighted by atomic mass is 16.5. The Kier molecular flexibility index (Phi) is 14.7. The van der Waals surface area contributed by atoms with Gasteiger partial charge in [0.25, 0.3) is 0 Å². The molecule has 0 saturated heterocycles. The van der Waals surface area contributed by atoms with E-state index in [1.807, 2.05) is 24.3 Å². The third-order valence-electron chi connectivity index (χ3n) is 5.70. The molecule has 0 fully saturated rings. The van der Waals surface area contributed by atoms with Crippen LogP contribution in [0.25, 0.3) is 6.08 Å². The molecule has 0 aromatic heterocycles. The van der Waals surface area contributed by atoms with Crippen LogP contribution in [0.2, 0.25) is 0 Å². The second kappa shape index (κ2) is 17.0. The molecule has 0 saturated carbocycles. The molecule has 1 aromatic rings. The van der Waals surface area contributed by atoms with Gasteiger partial charge in [-0.25, -0.2) is 9.59 Å². The minimum absolute atomic E-state index is 0.197. The van der Waals surface area contributed by atoms with Crippen molar-refractivity contribution in [3.63, 3.8) is 0 Å². The van der Waals surface area contributed by atoms with Crippen molar-refractivity contribution >= 4 is 18.0 Å². The first kappa shape index (κ1) is 28.5. The van der Waals surface area contributed by atoms with E-state index in [1.54, 1.807) is 13.0 Å². The third kappa shape index (κ3) is 12.3. The Morgan fingerprint density at radius 1 is 1.00 bits per heavy atom. The molecular formula is C28H42O5. The van der Waals surface area contributed by atoms with E-state index in [0.29, 0.717) is 18.1 Å². The molecule has 33 heavy (non-hydrogen) atoms. The molecule has 0 bridgehead atoms. The number of rotatable bonds is 17. The van der Waals surface area contributed by atoms with E-state index in [0.717, 1.165) is 69.1 Å². The molecule has 0 aliphatic heterocycles. The van der Waals surface area contributed by atoms with Crippen LogP contribution < -0.4 is 4.74 Å². The van der Waals surface area contributed by atoms with Crippen molar-refractivity contribution in [2.75, 3.05) is 13.7 Å². The van der Waals surface area contributed by atoms with Crippen molar-refractivity contribution in [1.29, 1.82) is 0 Å². The third-order valence-corrected chi connectivity index (χ3v) is 5.70. The van der Waals surface area contributed by atoms with Gasteiger partial charge in [-0.1, -0.05) is 58.2 Å². The fraction of sp³-hybridized carbons (Fsp3) is 0.571. The minimum Gasteiger partial charge on any atom is -0.490 e. The average Bonchev–Trinajstić information content (AvgIpc) is 2.82. The highest BCUT2D eigenvalue weighted by molar-refractivity contribution is 5.87. The fourth-order valence-electron chi connectivity index (χ4n) is 3.75. The second-order valence-electron chi connectivity index (χ2n) is 8.51. The molecule has 2 atom stereocenters. The number of carbonyl (C=O) groups is 2. The maximum atomic E-state index is 11.4. The molecule has 5 nitrogen and oxygen atoms in total. The summed E-state index contributed by atoms with van der Waals surface area (Å²) >= 11 is 0. The molecule has 0 amide bonds. The molecule has 0 aliphatic rings. The van der Waals surface area contributed by atoms with Crippen LogP contribution in [-0.2, 0) is 19.1 Å². The number of hydrogen-bond acceptors (Lipinski definition) is 5. The number of benzene rings is 1. The molecule has 0 spiro atoms. The average molecular weight is 459 g/mol. The number of esters is 2. The van der Waals surface area contributed by atoms with Crippen molar-refractivity contribution in [2.45, 2.75) is 84.7 Å². The topological polar surface area (TPSA) is 61.8 Å². The van der Waals surface area contributed by atoms with E-state index < -0.39 is 0 Å². The smallest absolute Gasteiger partial charge is 0.333 e. The van der Waals surface area contributed by atoms with E-state index in [4.69, 9.17) is 9.47 Å². The minimum atomic E-state index is -0.367. The van der Waals surface area contributed by atoms with Crippen LogP contribution in [-0.4, -0.2) is 31.8 Å². The summed E-state index contributed by atoms with van der Waals surface area (Å²) in [6.07, 6.45) is 13.1. The Hall–Kier alpha value is -2.56. The zero-order valence-electron chi connectivity index (χ0n) is 20.9. The summed E-state index contributed by atoms with van der Waals surface area (Å²) in [7, 11) is 1.37. The van der Waals surface area contributed by atoms with E-state index in [1.165, 1.54) is 13.2 Å². The Bertz CT molecular complexity index is 735. The molecular weight excluding hydrogens is 416 g/mol. The van der Waals surface area contributed by atoms with Gasteiger partial charge in [0.05, 0.1) is 13.7 Å². The van der Waals surface area contributed by atoms with Gasteiger partial charge < -0.3 is 14.2 Å². The lowest BCUT2D eigenvalue weighted by molar-refractivity contribution is -0.139. The van der Waals surface area contributed by atoms with Gasteiger partial charge in [-0.15, -0.1) is 0 Å². The van der Waals surface area contributed by atoms with Crippen molar-refractivity contribution in [2.24, 2.45) is 5.92 Å². The zero-order valence-corrected chi connectivity index (χ0v) is 20.9. The van der Waals surface area contributed by atoms with Gasteiger partial charge >= 0.3 is 11.9 Å². The van der Waals surface area contributed by atoms with Gasteiger partial charge in [-0.05, 0) is 68.7 Å². The largest absolute Gasteiger partial charge is 0.490 e. The van der Waals surface area contributed by atoms with Crippen molar-refractivity contribution in [3.05, 3.63) is 48.1 Å². The molecule has 184 valence electrons. The number of carbonyl (C=O) groups excluding carboxylic acids is 2. The molecule has 0 heterocycles. The van der Waals surface area contributed by atoms with Crippen molar-refractivity contribution in [3.8, 4) is 5.75 Å². The first-order chi connectivity index (χ1) is 15.9. The van der Waals surface area contributed by atoms with Crippen LogP contribution in [0, 0.1) is 5.92 Å². The van der Waals surface area contributed by atoms with E-state index in [-0.39, 0.29) is 18.0 Å². The highest BCUT2D eigenvalue weighted by Gasteiger charge is 2.21. The van der Waals surface area contributed by atoms with Crippen molar-refractivity contribution in [1.82, 2.24) is 0 Å². The lowest BCUT2D eigenvalue weighted by Crippen LogP contribution is -2.27. The first-order valence-electron chi connectivity index (χ1n) is 12.3. The summed E-state index contributed by atoms with van der Waals surface area (Å²) in [6, 6.07) is 7.84. The molecule has 5 heteroatoms. The van der Waals surface area contributed by atoms with Crippen LogP contribution in [0.5, 0.6) is 5.75 Å². The normalized spacial score (nSPS) is 12.8. The van der Waals surface area contributed by atoms with E-state index in [9.17, 15) is 9.59 Å². The number of ether oxygens (including phenoxy) is 3. The number of methoxy groups -OCH3 is 1. The standard InChI is InChI=1S/C28H42O5/c1-6-13-24(7-2)26(14-11-9-8-10-12-21-32-28(30)22(3)4)33-25-18-15-23(16-19-25)17-20-27(29)31-5/h15-20,24,26H,3,6-14,21H2,1-2,4-5H3. The Balaban J connectivity index is 2.51. The van der Waals surface area contributed by atoms with Crippen LogP contribution >= 0.6 is 0 Å². The summed E-state index contributed by atoms with van der Waals surface area (Å²) < 4.78 is 16.2. The summed E-state index contributed by atoms with van der Waals surface area (Å²) in [4.78, 5) is 22.6. The quantitative estimate of drug-likeness (QED) is 0.144. The van der Waals surface area contributed by atoms with Crippen LogP contribution in [0.1, 0.15) is 84.1 Å². The van der Waals surface area contributed by atoms with Crippen LogP contribution in [0.4, 0.5) is 0 Å². The monoisotopic (exact) mass is 458 g/mol. The fourth-order valence-corrected chi connectivity index (χ4v) is 3.75. The van der Waals surface area contributed by atoms with Gasteiger partial charge in [0, 0.05) is 11.6 Å². The molecule has 2 unspecified atom stereocenters. The summed E-state index contributed by atoms with van der Waals surface area (Å²) in [5.74, 6) is 0.734. The van der Waals surface area contributed by atoms with Gasteiger partial charge in [0.2, 0.25) is 0 Å². The van der Waals surface area contributed by atoms with Crippen molar-refractivity contribution < 1.29 is 23.8 Å². The van der Waals surface area contributed by atoms with Crippen LogP contribution in [0.3, 0.4) is 0 Å². The van der Waals surface area contributed by atoms with Gasteiger partial charge in [-0.2, -0.15) is 0 Å². The second-order valence-corrected chi connectivity index (χ2v) is 8.51. The Labute approximate surface area is 200 Å². The summed E-state index contributed by atoms with van der Waals surface area (Å²) in [5, 5.41) is 0. The SMILES string of the molecule is C=C(C)C(=O)OCCCCCCCC(Oc1ccc(C=CC(=O)OC)cc1)C(CC)CCC. The Morgan fingerprint density at radius 3 is 2.27 bits per heavy atom. The summed E-state index contributed by atoms with van der Waals surface area (Å²) in [6.45, 7) is 10.2.